The monoisotopic (exact) mass is 375 g/mol. The molecule has 0 bridgehead atoms. The molecule has 0 saturated carbocycles. The maximum Gasteiger partial charge on any atom is 0.268 e. The van der Waals surface area contributed by atoms with Gasteiger partial charge in [-0.05, 0) is 61.7 Å². The maximum absolute atomic E-state index is 13.1. The standard InChI is InChI=1S/C18H18ClN3O2S/c19-14-4-1-6-16(11-14)25(23,24)22-12-13(10-15-5-2-8-20-15)18-17(22)7-3-9-21-18/h1,3-4,6-7,9,11-12,15,20H,2,5,8,10H2/t15-/m1/s1. The van der Waals surface area contributed by atoms with Gasteiger partial charge in [0.05, 0.1) is 15.9 Å². The molecule has 0 spiro atoms. The van der Waals surface area contributed by atoms with Gasteiger partial charge in [0, 0.05) is 23.5 Å². The van der Waals surface area contributed by atoms with E-state index in [1.165, 1.54) is 10.0 Å². The van der Waals surface area contributed by atoms with Crippen LogP contribution >= 0.6 is 11.6 Å². The third-order valence-electron chi connectivity index (χ3n) is 4.58. The zero-order valence-corrected chi connectivity index (χ0v) is 15.1. The molecule has 0 radical (unpaired) electrons. The number of rotatable bonds is 4. The first-order chi connectivity index (χ1) is 12.1. The smallest absolute Gasteiger partial charge is 0.268 e. The lowest BCUT2D eigenvalue weighted by atomic mass is 10.1. The van der Waals surface area contributed by atoms with Crippen LogP contribution in [-0.4, -0.2) is 30.0 Å². The minimum absolute atomic E-state index is 0.172. The van der Waals surface area contributed by atoms with Crippen LogP contribution in [0.5, 0.6) is 0 Å². The lowest BCUT2D eigenvalue weighted by Gasteiger charge is -2.08. The van der Waals surface area contributed by atoms with Gasteiger partial charge in [0.1, 0.15) is 0 Å². The van der Waals surface area contributed by atoms with E-state index in [4.69, 9.17) is 11.6 Å². The van der Waals surface area contributed by atoms with Crippen molar-refractivity contribution in [3.63, 3.8) is 0 Å². The Hall–Kier alpha value is -1.89. The second-order valence-electron chi connectivity index (χ2n) is 6.28. The van der Waals surface area contributed by atoms with Crippen molar-refractivity contribution in [3.05, 3.63) is 59.4 Å². The highest BCUT2D eigenvalue weighted by Gasteiger charge is 2.24. The molecule has 1 aromatic carbocycles. The Morgan fingerprint density at radius 2 is 2.16 bits per heavy atom. The molecule has 0 amide bonds. The molecule has 1 aliphatic heterocycles. The summed E-state index contributed by atoms with van der Waals surface area (Å²) < 4.78 is 27.5. The van der Waals surface area contributed by atoms with Crippen molar-refractivity contribution < 1.29 is 8.42 Å². The fraction of sp³-hybridized carbons (Fsp3) is 0.278. The fourth-order valence-electron chi connectivity index (χ4n) is 3.38. The average molecular weight is 376 g/mol. The van der Waals surface area contributed by atoms with E-state index in [2.05, 4.69) is 10.3 Å². The lowest BCUT2D eigenvalue weighted by molar-refractivity contribution is 0.587. The highest BCUT2D eigenvalue weighted by molar-refractivity contribution is 7.90. The zero-order chi connectivity index (χ0) is 17.4. The number of benzene rings is 1. The van der Waals surface area contributed by atoms with E-state index in [0.29, 0.717) is 16.6 Å². The number of aromatic nitrogens is 2. The van der Waals surface area contributed by atoms with Crippen LogP contribution in [-0.2, 0) is 16.4 Å². The summed E-state index contributed by atoms with van der Waals surface area (Å²) in [5, 5.41) is 3.85. The van der Waals surface area contributed by atoms with Crippen LogP contribution in [0.1, 0.15) is 18.4 Å². The topological polar surface area (TPSA) is 64.0 Å². The fourth-order valence-corrected chi connectivity index (χ4v) is 5.06. The molecule has 0 unspecified atom stereocenters. The van der Waals surface area contributed by atoms with E-state index in [1.807, 2.05) is 0 Å². The van der Waals surface area contributed by atoms with Gasteiger partial charge in [0.25, 0.3) is 10.0 Å². The highest BCUT2D eigenvalue weighted by Crippen LogP contribution is 2.27. The third kappa shape index (κ3) is 3.05. The minimum Gasteiger partial charge on any atom is -0.314 e. The van der Waals surface area contributed by atoms with Crippen LogP contribution in [0.25, 0.3) is 11.0 Å². The first-order valence-corrected chi connectivity index (χ1v) is 10.1. The van der Waals surface area contributed by atoms with Crippen LogP contribution < -0.4 is 5.32 Å². The Bertz CT molecular complexity index is 1020. The number of fused-ring (bicyclic) bond motifs is 1. The van der Waals surface area contributed by atoms with Gasteiger partial charge in [-0.2, -0.15) is 0 Å². The van der Waals surface area contributed by atoms with Crippen molar-refractivity contribution >= 4 is 32.7 Å². The van der Waals surface area contributed by atoms with Gasteiger partial charge in [-0.3, -0.25) is 4.98 Å². The van der Waals surface area contributed by atoms with Crippen LogP contribution in [0.2, 0.25) is 5.02 Å². The molecule has 4 rings (SSSR count). The average Bonchev–Trinajstić information content (AvgIpc) is 3.24. The van der Waals surface area contributed by atoms with Gasteiger partial charge in [0.2, 0.25) is 0 Å². The molecular weight excluding hydrogens is 358 g/mol. The first-order valence-electron chi connectivity index (χ1n) is 8.25. The molecule has 2 aromatic heterocycles. The number of hydrogen-bond donors (Lipinski definition) is 1. The van der Waals surface area contributed by atoms with Crippen molar-refractivity contribution in [2.75, 3.05) is 6.54 Å². The zero-order valence-electron chi connectivity index (χ0n) is 13.5. The summed E-state index contributed by atoms with van der Waals surface area (Å²) in [4.78, 5) is 4.60. The Morgan fingerprint density at radius 3 is 2.92 bits per heavy atom. The molecule has 7 heteroatoms. The molecule has 1 aliphatic rings. The van der Waals surface area contributed by atoms with Gasteiger partial charge in [-0.15, -0.1) is 0 Å². The molecule has 3 aromatic rings. The van der Waals surface area contributed by atoms with Gasteiger partial charge in [-0.1, -0.05) is 17.7 Å². The molecule has 1 N–H and O–H groups in total. The van der Waals surface area contributed by atoms with Crippen molar-refractivity contribution in [2.24, 2.45) is 0 Å². The number of pyridine rings is 1. The van der Waals surface area contributed by atoms with Crippen LogP contribution in [0.15, 0.2) is 53.7 Å². The first kappa shape index (κ1) is 16.6. The van der Waals surface area contributed by atoms with E-state index in [9.17, 15) is 8.42 Å². The van der Waals surface area contributed by atoms with E-state index >= 15 is 0 Å². The summed E-state index contributed by atoms with van der Waals surface area (Å²) in [5.74, 6) is 0. The second kappa shape index (κ2) is 6.44. The molecule has 0 aliphatic carbocycles. The van der Waals surface area contributed by atoms with E-state index in [-0.39, 0.29) is 4.90 Å². The summed E-state index contributed by atoms with van der Waals surface area (Å²) in [6.07, 6.45) is 6.42. The Labute approximate surface area is 151 Å². The van der Waals surface area contributed by atoms with Crippen molar-refractivity contribution in [2.45, 2.75) is 30.2 Å². The Balaban J connectivity index is 1.84. The number of nitrogens with one attached hydrogen (secondary N) is 1. The third-order valence-corrected chi connectivity index (χ3v) is 6.49. The van der Waals surface area contributed by atoms with Gasteiger partial charge in [0.15, 0.2) is 0 Å². The van der Waals surface area contributed by atoms with Gasteiger partial charge in [-0.25, -0.2) is 12.4 Å². The molecule has 1 fully saturated rings. The molecular formula is C18H18ClN3O2S. The summed E-state index contributed by atoms with van der Waals surface area (Å²) in [6.45, 7) is 1.01. The quantitative estimate of drug-likeness (QED) is 0.760. The predicted octanol–water partition coefficient (Wildman–Crippen LogP) is 3.22. The molecule has 25 heavy (non-hydrogen) atoms. The second-order valence-corrected chi connectivity index (χ2v) is 8.53. The van der Waals surface area contributed by atoms with Crippen molar-refractivity contribution in [1.29, 1.82) is 0 Å². The summed E-state index contributed by atoms with van der Waals surface area (Å²) in [5.41, 5.74) is 2.28. The Kier molecular flexibility index (Phi) is 4.27. The van der Waals surface area contributed by atoms with E-state index < -0.39 is 10.0 Å². The molecule has 3 heterocycles. The highest BCUT2D eigenvalue weighted by atomic mass is 35.5. The predicted molar refractivity (Wildman–Crippen MR) is 98.5 cm³/mol. The van der Waals surface area contributed by atoms with Crippen molar-refractivity contribution in [1.82, 2.24) is 14.3 Å². The van der Waals surface area contributed by atoms with Crippen LogP contribution in [0, 0.1) is 0 Å². The normalized spacial score (nSPS) is 18.0. The van der Waals surface area contributed by atoms with E-state index in [0.717, 1.165) is 36.9 Å². The largest absolute Gasteiger partial charge is 0.314 e. The summed E-state index contributed by atoms with van der Waals surface area (Å²) in [7, 11) is -3.73. The van der Waals surface area contributed by atoms with Crippen LogP contribution in [0.4, 0.5) is 0 Å². The van der Waals surface area contributed by atoms with Gasteiger partial charge >= 0.3 is 0 Å². The van der Waals surface area contributed by atoms with Crippen LogP contribution in [0.3, 0.4) is 0 Å². The number of hydrogen-bond acceptors (Lipinski definition) is 4. The minimum atomic E-state index is -3.73. The molecule has 5 nitrogen and oxygen atoms in total. The molecule has 1 saturated heterocycles. The number of halogens is 1. The van der Waals surface area contributed by atoms with Gasteiger partial charge < -0.3 is 5.32 Å². The SMILES string of the molecule is O=S(=O)(c1cccc(Cl)c1)n1cc(C[C@H]2CCCN2)c2ncccc21. The summed E-state index contributed by atoms with van der Waals surface area (Å²) >= 11 is 5.98. The maximum atomic E-state index is 13.1. The summed E-state index contributed by atoms with van der Waals surface area (Å²) in [6, 6.07) is 10.2. The lowest BCUT2D eigenvalue weighted by Crippen LogP contribution is -2.23. The number of nitrogens with zero attached hydrogens (tertiary/aromatic N) is 2. The van der Waals surface area contributed by atoms with E-state index in [1.54, 1.807) is 42.7 Å². The van der Waals surface area contributed by atoms with Crippen molar-refractivity contribution in [3.8, 4) is 0 Å². The molecule has 1 atom stereocenters. The molecule has 130 valence electrons. The Morgan fingerprint density at radius 1 is 1.28 bits per heavy atom.